The maximum atomic E-state index is 12.5. The molecule has 0 spiro atoms. The van der Waals surface area contributed by atoms with Crippen molar-refractivity contribution in [3.8, 4) is 17.0 Å². The van der Waals surface area contributed by atoms with Crippen molar-refractivity contribution < 1.29 is 19.1 Å². The Balaban J connectivity index is 1.47. The Morgan fingerprint density at radius 3 is 2.29 bits per heavy atom. The van der Waals surface area contributed by atoms with Crippen molar-refractivity contribution in [2.75, 3.05) is 24.4 Å². The molecule has 0 aliphatic rings. The molecule has 0 aliphatic heterocycles. The molecule has 3 aromatic carbocycles. The molecule has 7 nitrogen and oxygen atoms in total. The van der Waals surface area contributed by atoms with E-state index in [0.717, 1.165) is 27.7 Å². The second kappa shape index (κ2) is 10.9. The van der Waals surface area contributed by atoms with Gasteiger partial charge < -0.3 is 20.1 Å². The molecule has 178 valence electrons. The quantitative estimate of drug-likeness (QED) is 0.297. The average Bonchev–Trinajstić information content (AvgIpc) is 2.85. The van der Waals surface area contributed by atoms with E-state index in [0.29, 0.717) is 28.8 Å². The van der Waals surface area contributed by atoms with Crippen LogP contribution in [0.15, 0.2) is 72.8 Å². The maximum absolute atomic E-state index is 12.5. The summed E-state index contributed by atoms with van der Waals surface area (Å²) < 4.78 is 10.5. The molecule has 0 aliphatic carbocycles. The van der Waals surface area contributed by atoms with E-state index in [1.54, 1.807) is 44.4 Å². The number of nitrogens with zero attached hydrogens (tertiary/aromatic N) is 1. The van der Waals surface area contributed by atoms with E-state index < -0.39 is 6.03 Å². The SMILES string of the molecule is CCOC(=O)Cc1ccc(NC(=O)Nc2ccc3nc(-c4ccc(Cl)cc4)cc(OC)c3c2)cc1. The van der Waals surface area contributed by atoms with E-state index in [1.807, 2.05) is 42.5 Å². The first-order valence-electron chi connectivity index (χ1n) is 11.0. The highest BCUT2D eigenvalue weighted by Gasteiger charge is 2.11. The lowest BCUT2D eigenvalue weighted by Crippen LogP contribution is -2.19. The Morgan fingerprint density at radius 1 is 0.914 bits per heavy atom. The monoisotopic (exact) mass is 489 g/mol. The number of carbonyl (C=O) groups is 2. The summed E-state index contributed by atoms with van der Waals surface area (Å²) in [7, 11) is 1.60. The predicted octanol–water partition coefficient (Wildman–Crippen LogP) is 6.31. The number of fused-ring (bicyclic) bond motifs is 1. The molecule has 1 heterocycles. The summed E-state index contributed by atoms with van der Waals surface area (Å²) in [6.07, 6.45) is 0.188. The molecule has 1 aromatic heterocycles. The van der Waals surface area contributed by atoms with Crippen molar-refractivity contribution in [3.63, 3.8) is 0 Å². The van der Waals surface area contributed by atoms with Gasteiger partial charge in [-0.25, -0.2) is 9.78 Å². The van der Waals surface area contributed by atoms with Gasteiger partial charge >= 0.3 is 12.0 Å². The Kier molecular flexibility index (Phi) is 7.48. The minimum absolute atomic E-state index is 0.188. The molecule has 0 radical (unpaired) electrons. The number of halogens is 1. The summed E-state index contributed by atoms with van der Waals surface area (Å²) in [5.74, 6) is 0.355. The molecule has 0 bridgehead atoms. The van der Waals surface area contributed by atoms with Crippen LogP contribution in [0.2, 0.25) is 5.02 Å². The summed E-state index contributed by atoms with van der Waals surface area (Å²) in [6, 6.07) is 21.3. The third-order valence-electron chi connectivity index (χ3n) is 5.25. The number of hydrogen-bond donors (Lipinski definition) is 2. The van der Waals surface area contributed by atoms with Crippen molar-refractivity contribution >= 4 is 45.9 Å². The molecule has 2 N–H and O–H groups in total. The second-order valence-electron chi connectivity index (χ2n) is 7.71. The number of aromatic nitrogens is 1. The third kappa shape index (κ3) is 6.07. The van der Waals surface area contributed by atoms with Crippen LogP contribution < -0.4 is 15.4 Å². The summed E-state index contributed by atoms with van der Waals surface area (Å²) in [5.41, 5.74) is 4.41. The van der Waals surface area contributed by atoms with Crippen LogP contribution in [0.1, 0.15) is 12.5 Å². The van der Waals surface area contributed by atoms with E-state index in [1.165, 1.54) is 0 Å². The van der Waals surface area contributed by atoms with Crippen LogP contribution in [0.3, 0.4) is 0 Å². The fourth-order valence-corrected chi connectivity index (χ4v) is 3.71. The van der Waals surface area contributed by atoms with Crippen LogP contribution in [0.4, 0.5) is 16.2 Å². The molecular weight excluding hydrogens is 466 g/mol. The van der Waals surface area contributed by atoms with Crippen molar-refractivity contribution in [1.29, 1.82) is 0 Å². The van der Waals surface area contributed by atoms with Gasteiger partial charge in [0.15, 0.2) is 0 Å². The molecule has 4 aromatic rings. The molecule has 0 atom stereocenters. The van der Waals surface area contributed by atoms with Crippen LogP contribution in [0.25, 0.3) is 22.2 Å². The molecular formula is C27H24ClN3O4. The van der Waals surface area contributed by atoms with Crippen molar-refractivity contribution in [3.05, 3.63) is 83.4 Å². The van der Waals surface area contributed by atoms with Gasteiger partial charge in [0, 0.05) is 33.4 Å². The summed E-state index contributed by atoms with van der Waals surface area (Å²) in [6.45, 7) is 2.11. The number of urea groups is 1. The zero-order chi connectivity index (χ0) is 24.8. The number of nitrogens with one attached hydrogen (secondary N) is 2. The largest absolute Gasteiger partial charge is 0.496 e. The van der Waals surface area contributed by atoms with E-state index in [-0.39, 0.29) is 12.4 Å². The van der Waals surface area contributed by atoms with Gasteiger partial charge in [-0.1, -0.05) is 35.9 Å². The lowest BCUT2D eigenvalue weighted by molar-refractivity contribution is -0.142. The smallest absolute Gasteiger partial charge is 0.323 e. The second-order valence-corrected chi connectivity index (χ2v) is 8.14. The molecule has 8 heteroatoms. The van der Waals surface area contributed by atoms with Gasteiger partial charge in [-0.15, -0.1) is 0 Å². The standard InChI is InChI=1S/C27H24ClN3O4/c1-3-35-26(32)14-17-4-10-20(11-5-17)29-27(33)30-21-12-13-23-22(15-21)25(34-2)16-24(31-23)18-6-8-19(28)9-7-18/h4-13,15-16H,3,14H2,1-2H3,(H2,29,30,33). The topological polar surface area (TPSA) is 89.5 Å². The third-order valence-corrected chi connectivity index (χ3v) is 5.51. The number of methoxy groups -OCH3 is 1. The molecule has 2 amide bonds. The molecule has 0 saturated heterocycles. The Hall–Kier alpha value is -4.10. The number of benzene rings is 3. The Bertz CT molecular complexity index is 1360. The highest BCUT2D eigenvalue weighted by Crippen LogP contribution is 2.32. The van der Waals surface area contributed by atoms with E-state index in [2.05, 4.69) is 10.6 Å². The lowest BCUT2D eigenvalue weighted by Gasteiger charge is -2.12. The molecule has 0 saturated carbocycles. The van der Waals surface area contributed by atoms with Crippen LogP contribution in [0, 0.1) is 0 Å². The summed E-state index contributed by atoms with van der Waals surface area (Å²) in [4.78, 5) is 28.9. The number of rotatable bonds is 7. The number of amides is 2. The van der Waals surface area contributed by atoms with E-state index in [4.69, 9.17) is 26.1 Å². The lowest BCUT2D eigenvalue weighted by atomic mass is 10.1. The van der Waals surface area contributed by atoms with Crippen molar-refractivity contribution in [2.45, 2.75) is 13.3 Å². The number of anilines is 2. The van der Waals surface area contributed by atoms with E-state index >= 15 is 0 Å². The number of ether oxygens (including phenoxy) is 2. The van der Waals surface area contributed by atoms with Gasteiger partial charge in [-0.2, -0.15) is 0 Å². The van der Waals surface area contributed by atoms with Gasteiger partial charge in [0.1, 0.15) is 5.75 Å². The van der Waals surface area contributed by atoms with Crippen molar-refractivity contribution in [1.82, 2.24) is 4.98 Å². The molecule has 4 rings (SSSR count). The van der Waals surface area contributed by atoms with Gasteiger partial charge in [0.2, 0.25) is 0 Å². The van der Waals surface area contributed by atoms with Gasteiger partial charge in [0.05, 0.1) is 31.3 Å². The molecule has 0 fully saturated rings. The summed E-state index contributed by atoms with van der Waals surface area (Å²) in [5, 5.41) is 7.04. The highest BCUT2D eigenvalue weighted by atomic mass is 35.5. The van der Waals surface area contributed by atoms with Crippen molar-refractivity contribution in [2.24, 2.45) is 0 Å². The summed E-state index contributed by atoms with van der Waals surface area (Å²) >= 11 is 6.00. The van der Waals surface area contributed by atoms with Crippen LogP contribution in [-0.4, -0.2) is 30.7 Å². The first-order valence-corrected chi connectivity index (χ1v) is 11.4. The number of hydrogen-bond acceptors (Lipinski definition) is 5. The number of carbonyl (C=O) groups excluding carboxylic acids is 2. The van der Waals surface area contributed by atoms with Crippen LogP contribution in [0.5, 0.6) is 5.75 Å². The maximum Gasteiger partial charge on any atom is 0.323 e. The Labute approximate surface area is 208 Å². The average molecular weight is 490 g/mol. The normalized spacial score (nSPS) is 10.6. The minimum atomic E-state index is -0.396. The fraction of sp³-hybridized carbons (Fsp3) is 0.148. The minimum Gasteiger partial charge on any atom is -0.496 e. The zero-order valence-corrected chi connectivity index (χ0v) is 20.1. The highest BCUT2D eigenvalue weighted by molar-refractivity contribution is 6.30. The zero-order valence-electron chi connectivity index (χ0n) is 19.3. The number of pyridine rings is 1. The fourth-order valence-electron chi connectivity index (χ4n) is 3.59. The van der Waals surface area contributed by atoms with E-state index in [9.17, 15) is 9.59 Å². The molecule has 35 heavy (non-hydrogen) atoms. The number of esters is 1. The van der Waals surface area contributed by atoms with Gasteiger partial charge in [-0.05, 0) is 55.0 Å². The van der Waals surface area contributed by atoms with Crippen LogP contribution in [-0.2, 0) is 16.0 Å². The first kappa shape index (κ1) is 24.0. The predicted molar refractivity (Wildman–Crippen MR) is 138 cm³/mol. The van der Waals surface area contributed by atoms with Gasteiger partial charge in [-0.3, -0.25) is 4.79 Å². The van der Waals surface area contributed by atoms with Gasteiger partial charge in [0.25, 0.3) is 0 Å². The first-order chi connectivity index (χ1) is 16.9. The molecule has 0 unspecified atom stereocenters. The van der Waals surface area contributed by atoms with Crippen LogP contribution >= 0.6 is 11.6 Å². The Morgan fingerprint density at radius 2 is 1.60 bits per heavy atom.